The standard InChI is InChI=1S/C18H20N4O2/c23-10-9-21(16-6-5-13-3-1-2-4-15(13)16)12-14-11-18(24)22-17(20-14)7-8-19-22/h1-4,7-8,11,16,19,23H,5-6,9-10,12H2. The van der Waals surface area contributed by atoms with Gasteiger partial charge in [0, 0.05) is 37.5 Å². The van der Waals surface area contributed by atoms with E-state index in [1.165, 1.54) is 15.6 Å². The molecule has 0 saturated heterocycles. The highest BCUT2D eigenvalue weighted by Crippen LogP contribution is 2.36. The van der Waals surface area contributed by atoms with Crippen molar-refractivity contribution in [1.82, 2.24) is 19.5 Å². The first-order valence-electron chi connectivity index (χ1n) is 8.25. The second-order valence-corrected chi connectivity index (χ2v) is 6.19. The van der Waals surface area contributed by atoms with Gasteiger partial charge in [-0.2, -0.15) is 0 Å². The van der Waals surface area contributed by atoms with Crippen molar-refractivity contribution in [3.8, 4) is 0 Å². The zero-order valence-electron chi connectivity index (χ0n) is 13.4. The second kappa shape index (κ2) is 6.22. The Bertz CT molecular complexity index is 915. The summed E-state index contributed by atoms with van der Waals surface area (Å²) < 4.78 is 1.42. The van der Waals surface area contributed by atoms with Crippen LogP contribution in [-0.2, 0) is 13.0 Å². The van der Waals surface area contributed by atoms with Crippen LogP contribution in [0.15, 0.2) is 47.4 Å². The number of benzene rings is 1. The second-order valence-electron chi connectivity index (χ2n) is 6.19. The van der Waals surface area contributed by atoms with E-state index in [9.17, 15) is 9.90 Å². The molecule has 1 aromatic carbocycles. The summed E-state index contributed by atoms with van der Waals surface area (Å²) >= 11 is 0. The van der Waals surface area contributed by atoms with Gasteiger partial charge >= 0.3 is 0 Å². The first-order chi connectivity index (χ1) is 11.8. The lowest BCUT2D eigenvalue weighted by atomic mass is 10.1. The summed E-state index contributed by atoms with van der Waals surface area (Å²) in [6.45, 7) is 1.20. The van der Waals surface area contributed by atoms with Gasteiger partial charge in [0.1, 0.15) is 0 Å². The molecule has 0 bridgehead atoms. The number of fused-ring (bicyclic) bond motifs is 2. The highest BCUT2D eigenvalue weighted by atomic mass is 16.3. The van der Waals surface area contributed by atoms with Gasteiger partial charge < -0.3 is 5.11 Å². The molecule has 0 aliphatic heterocycles. The van der Waals surface area contributed by atoms with Crippen LogP contribution in [-0.4, -0.2) is 37.8 Å². The molecule has 1 aliphatic carbocycles. The molecule has 1 aliphatic rings. The molecule has 2 N–H and O–H groups in total. The first-order valence-corrected chi connectivity index (χ1v) is 8.25. The predicted octanol–water partition coefficient (Wildman–Crippen LogP) is 1.50. The number of aryl methyl sites for hydroxylation is 1. The fraction of sp³-hybridized carbons (Fsp3) is 0.333. The molecule has 24 heavy (non-hydrogen) atoms. The smallest absolute Gasteiger partial charge is 0.272 e. The van der Waals surface area contributed by atoms with E-state index >= 15 is 0 Å². The lowest BCUT2D eigenvalue weighted by molar-refractivity contribution is 0.141. The van der Waals surface area contributed by atoms with Crippen molar-refractivity contribution >= 4 is 5.65 Å². The molecule has 6 nitrogen and oxygen atoms in total. The number of aliphatic hydroxyl groups is 1. The predicted molar refractivity (Wildman–Crippen MR) is 90.8 cm³/mol. The minimum absolute atomic E-state index is 0.0873. The van der Waals surface area contributed by atoms with Gasteiger partial charge in [-0.15, -0.1) is 0 Å². The van der Waals surface area contributed by atoms with Crippen LogP contribution in [0, 0.1) is 0 Å². The number of nitrogens with one attached hydrogen (secondary N) is 1. The van der Waals surface area contributed by atoms with Crippen LogP contribution in [0.1, 0.15) is 29.3 Å². The SMILES string of the molecule is O=c1cc(CN(CCO)C2CCc3ccccc32)nc2cc[nH]n12. The van der Waals surface area contributed by atoms with Crippen molar-refractivity contribution in [3.05, 3.63) is 69.8 Å². The molecule has 4 rings (SSSR count). The third-order valence-corrected chi connectivity index (χ3v) is 4.73. The Balaban J connectivity index is 1.65. The lowest BCUT2D eigenvalue weighted by Gasteiger charge is -2.28. The Hall–Kier alpha value is -2.44. The summed E-state index contributed by atoms with van der Waals surface area (Å²) in [5, 5.41) is 12.3. The van der Waals surface area contributed by atoms with Crippen molar-refractivity contribution in [2.24, 2.45) is 0 Å². The Kier molecular flexibility index (Phi) is 3.92. The third-order valence-electron chi connectivity index (χ3n) is 4.73. The Morgan fingerprint density at radius 3 is 3.08 bits per heavy atom. The average Bonchev–Trinajstić information content (AvgIpc) is 3.21. The van der Waals surface area contributed by atoms with E-state index in [4.69, 9.17) is 0 Å². The maximum absolute atomic E-state index is 12.1. The Labute approximate surface area is 139 Å². The maximum atomic E-state index is 12.1. The molecular weight excluding hydrogens is 304 g/mol. The first kappa shape index (κ1) is 15.1. The molecule has 3 aromatic rings. The van der Waals surface area contributed by atoms with Crippen molar-refractivity contribution in [1.29, 1.82) is 0 Å². The van der Waals surface area contributed by atoms with E-state index in [0.717, 1.165) is 18.5 Å². The number of hydrogen-bond acceptors (Lipinski definition) is 4. The van der Waals surface area contributed by atoms with Crippen molar-refractivity contribution in [2.75, 3.05) is 13.2 Å². The summed E-state index contributed by atoms with van der Waals surface area (Å²) in [4.78, 5) is 18.9. The lowest BCUT2D eigenvalue weighted by Crippen LogP contribution is -2.31. The molecule has 0 fully saturated rings. The van der Waals surface area contributed by atoms with Gasteiger partial charge in [-0.3, -0.25) is 14.8 Å². The van der Waals surface area contributed by atoms with Crippen LogP contribution in [0.3, 0.4) is 0 Å². The zero-order valence-corrected chi connectivity index (χ0v) is 13.4. The molecule has 0 amide bonds. The zero-order chi connectivity index (χ0) is 16.5. The summed E-state index contributed by atoms with van der Waals surface area (Å²) in [6.07, 6.45) is 3.78. The van der Waals surface area contributed by atoms with E-state index < -0.39 is 0 Å². The minimum Gasteiger partial charge on any atom is -0.395 e. The Morgan fingerprint density at radius 2 is 2.21 bits per heavy atom. The largest absolute Gasteiger partial charge is 0.395 e. The number of H-pyrrole nitrogens is 1. The van der Waals surface area contributed by atoms with Gasteiger partial charge in [0.2, 0.25) is 0 Å². The topological polar surface area (TPSA) is 73.6 Å². The van der Waals surface area contributed by atoms with Crippen LogP contribution in [0.25, 0.3) is 5.65 Å². The summed E-state index contributed by atoms with van der Waals surface area (Å²) in [7, 11) is 0. The van der Waals surface area contributed by atoms with Crippen molar-refractivity contribution in [2.45, 2.75) is 25.4 Å². The molecule has 124 valence electrons. The number of aromatic nitrogens is 3. The molecule has 2 aromatic heterocycles. The van der Waals surface area contributed by atoms with E-state index in [0.29, 0.717) is 18.7 Å². The molecule has 0 radical (unpaired) electrons. The average molecular weight is 324 g/mol. The molecule has 6 heteroatoms. The monoisotopic (exact) mass is 324 g/mol. The molecule has 2 heterocycles. The van der Waals surface area contributed by atoms with Crippen LogP contribution in [0.4, 0.5) is 0 Å². The number of hydrogen-bond donors (Lipinski definition) is 2. The van der Waals surface area contributed by atoms with E-state index in [-0.39, 0.29) is 18.2 Å². The van der Waals surface area contributed by atoms with Crippen LogP contribution < -0.4 is 5.56 Å². The van der Waals surface area contributed by atoms with E-state index in [1.54, 1.807) is 18.3 Å². The van der Waals surface area contributed by atoms with Gasteiger partial charge in [0.05, 0.1) is 12.3 Å². The number of aromatic amines is 1. The fourth-order valence-electron chi connectivity index (χ4n) is 3.65. The van der Waals surface area contributed by atoms with E-state index in [1.807, 2.05) is 0 Å². The normalized spacial score (nSPS) is 16.8. The number of rotatable bonds is 5. The highest BCUT2D eigenvalue weighted by Gasteiger charge is 2.27. The summed E-state index contributed by atoms with van der Waals surface area (Å²) in [5.74, 6) is 0. The van der Waals surface area contributed by atoms with Gasteiger partial charge in [0.15, 0.2) is 5.65 Å². The van der Waals surface area contributed by atoms with Crippen LogP contribution >= 0.6 is 0 Å². The van der Waals surface area contributed by atoms with Gasteiger partial charge in [-0.05, 0) is 24.0 Å². The Morgan fingerprint density at radius 1 is 1.33 bits per heavy atom. The minimum atomic E-state index is -0.115. The quantitative estimate of drug-likeness (QED) is 0.746. The maximum Gasteiger partial charge on any atom is 0.272 e. The van der Waals surface area contributed by atoms with Crippen molar-refractivity contribution in [3.63, 3.8) is 0 Å². The summed E-state index contributed by atoms with van der Waals surface area (Å²) in [6, 6.07) is 12.1. The molecular formula is C18H20N4O2. The van der Waals surface area contributed by atoms with Crippen LogP contribution in [0.5, 0.6) is 0 Å². The van der Waals surface area contributed by atoms with Gasteiger partial charge in [-0.1, -0.05) is 24.3 Å². The van der Waals surface area contributed by atoms with Crippen LogP contribution in [0.2, 0.25) is 0 Å². The molecule has 1 atom stereocenters. The number of nitrogens with zero attached hydrogens (tertiary/aromatic N) is 3. The molecule has 0 saturated carbocycles. The molecule has 1 unspecified atom stereocenters. The van der Waals surface area contributed by atoms with Gasteiger partial charge in [0.25, 0.3) is 5.56 Å². The fourth-order valence-corrected chi connectivity index (χ4v) is 3.65. The van der Waals surface area contributed by atoms with Gasteiger partial charge in [-0.25, -0.2) is 9.50 Å². The van der Waals surface area contributed by atoms with Crippen molar-refractivity contribution < 1.29 is 5.11 Å². The number of aliphatic hydroxyl groups excluding tert-OH is 1. The third kappa shape index (κ3) is 2.64. The molecule has 0 spiro atoms. The van der Waals surface area contributed by atoms with E-state index in [2.05, 4.69) is 39.2 Å². The summed E-state index contributed by atoms with van der Waals surface area (Å²) in [5.41, 5.74) is 3.94. The highest BCUT2D eigenvalue weighted by molar-refractivity contribution is 5.37.